The fourth-order valence-electron chi connectivity index (χ4n) is 2.24. The highest BCUT2D eigenvalue weighted by atomic mass is 32.2. The van der Waals surface area contributed by atoms with Gasteiger partial charge in [-0.05, 0) is 18.6 Å². The molecule has 1 aromatic carbocycles. The molecule has 1 fully saturated rings. The molecular weight excluding hydrogens is 284 g/mol. The van der Waals surface area contributed by atoms with Gasteiger partial charge in [-0.3, -0.25) is 0 Å². The number of halogens is 2. The molecule has 7 heteroatoms. The van der Waals surface area contributed by atoms with Crippen molar-refractivity contribution >= 4 is 23.3 Å². The molecular formula is C13H17F2N3OS. The standard InChI is InChI=1S/C13H17F2N3OS/c1-2-9-7-18(3-4-20-9)12-10(14)5-8(6-11(12)15)13(16)17-19/h5-6,9,19H,2-4,7H2,1H3,(H2,16,17). The number of nitrogens with two attached hydrogens (primary N) is 1. The third kappa shape index (κ3) is 2.98. The van der Waals surface area contributed by atoms with Crippen LogP contribution in [-0.4, -0.2) is 35.1 Å². The molecule has 1 saturated heterocycles. The smallest absolute Gasteiger partial charge is 0.170 e. The Bertz CT molecular complexity index is 501. The lowest BCUT2D eigenvalue weighted by Gasteiger charge is -2.34. The van der Waals surface area contributed by atoms with Gasteiger partial charge in [0.05, 0.1) is 0 Å². The van der Waals surface area contributed by atoms with Gasteiger partial charge in [0, 0.05) is 29.7 Å². The maximum absolute atomic E-state index is 14.1. The van der Waals surface area contributed by atoms with Crippen molar-refractivity contribution in [3.05, 3.63) is 29.3 Å². The molecule has 1 aliphatic heterocycles. The number of nitrogens with zero attached hydrogens (tertiary/aromatic N) is 2. The Kier molecular flexibility index (Phi) is 4.69. The fourth-order valence-corrected chi connectivity index (χ4v) is 3.42. The van der Waals surface area contributed by atoms with Crippen molar-refractivity contribution in [1.29, 1.82) is 0 Å². The molecule has 1 unspecified atom stereocenters. The second-order valence-corrected chi connectivity index (χ2v) is 6.03. The van der Waals surface area contributed by atoms with Crippen molar-refractivity contribution in [2.24, 2.45) is 10.9 Å². The van der Waals surface area contributed by atoms with Crippen LogP contribution >= 0.6 is 11.8 Å². The predicted molar refractivity (Wildman–Crippen MR) is 77.6 cm³/mol. The molecule has 0 amide bonds. The number of hydrogen-bond acceptors (Lipinski definition) is 4. The van der Waals surface area contributed by atoms with E-state index in [9.17, 15) is 8.78 Å². The third-order valence-corrected chi connectivity index (χ3v) is 4.70. The van der Waals surface area contributed by atoms with Gasteiger partial charge < -0.3 is 15.8 Å². The zero-order valence-electron chi connectivity index (χ0n) is 11.1. The average molecular weight is 301 g/mol. The molecule has 1 aromatic rings. The van der Waals surface area contributed by atoms with E-state index in [0.717, 1.165) is 24.3 Å². The molecule has 3 N–H and O–H groups in total. The van der Waals surface area contributed by atoms with E-state index in [1.165, 1.54) is 0 Å². The second kappa shape index (κ2) is 6.30. The Morgan fingerprint density at radius 2 is 2.15 bits per heavy atom. The third-order valence-electron chi connectivity index (χ3n) is 3.33. The summed E-state index contributed by atoms with van der Waals surface area (Å²) >= 11 is 1.83. The Labute approximate surface area is 120 Å². The van der Waals surface area contributed by atoms with Gasteiger partial charge in [0.25, 0.3) is 0 Å². The number of amidine groups is 1. The van der Waals surface area contributed by atoms with Crippen LogP contribution in [-0.2, 0) is 0 Å². The summed E-state index contributed by atoms with van der Waals surface area (Å²) in [6, 6.07) is 2.19. The predicted octanol–water partition coefficient (Wildman–Crippen LogP) is 2.39. The minimum atomic E-state index is -0.687. The molecule has 0 aliphatic carbocycles. The van der Waals surface area contributed by atoms with Gasteiger partial charge in [-0.1, -0.05) is 12.1 Å². The second-order valence-electron chi connectivity index (χ2n) is 4.62. The van der Waals surface area contributed by atoms with E-state index in [0.29, 0.717) is 18.3 Å². The fraction of sp³-hybridized carbons (Fsp3) is 0.462. The van der Waals surface area contributed by atoms with E-state index in [1.54, 1.807) is 4.90 Å². The Morgan fingerprint density at radius 3 is 2.70 bits per heavy atom. The SMILES string of the molecule is CCC1CN(c2c(F)cc(C(N)=NO)cc2F)CCS1. The van der Waals surface area contributed by atoms with Gasteiger partial charge in [0.1, 0.15) is 17.3 Å². The van der Waals surface area contributed by atoms with Crippen molar-refractivity contribution in [1.82, 2.24) is 0 Å². The van der Waals surface area contributed by atoms with E-state index >= 15 is 0 Å². The van der Waals surface area contributed by atoms with Crippen LogP contribution < -0.4 is 10.6 Å². The Morgan fingerprint density at radius 1 is 1.50 bits per heavy atom. The minimum Gasteiger partial charge on any atom is -0.409 e. The summed E-state index contributed by atoms with van der Waals surface area (Å²) in [6.07, 6.45) is 0.965. The van der Waals surface area contributed by atoms with E-state index in [1.807, 2.05) is 11.8 Å². The molecule has 2 rings (SSSR count). The first-order chi connectivity index (χ1) is 9.56. The van der Waals surface area contributed by atoms with E-state index < -0.39 is 11.6 Å². The van der Waals surface area contributed by atoms with Crippen molar-refractivity contribution < 1.29 is 14.0 Å². The van der Waals surface area contributed by atoms with E-state index in [2.05, 4.69) is 12.1 Å². The van der Waals surface area contributed by atoms with Crippen LogP contribution in [0.1, 0.15) is 18.9 Å². The molecule has 0 spiro atoms. The number of oxime groups is 1. The summed E-state index contributed by atoms with van der Waals surface area (Å²) in [5, 5.41) is 11.7. The van der Waals surface area contributed by atoms with Gasteiger partial charge in [0.2, 0.25) is 0 Å². The summed E-state index contributed by atoms with van der Waals surface area (Å²) in [4.78, 5) is 1.73. The summed E-state index contributed by atoms with van der Waals surface area (Å²) in [5.74, 6) is -0.837. The highest BCUT2D eigenvalue weighted by Gasteiger charge is 2.24. The van der Waals surface area contributed by atoms with Gasteiger partial charge in [0.15, 0.2) is 5.84 Å². The van der Waals surface area contributed by atoms with Crippen molar-refractivity contribution in [3.63, 3.8) is 0 Å². The molecule has 20 heavy (non-hydrogen) atoms. The van der Waals surface area contributed by atoms with Crippen molar-refractivity contribution in [2.75, 3.05) is 23.7 Å². The number of anilines is 1. The molecule has 1 heterocycles. The number of rotatable bonds is 3. The topological polar surface area (TPSA) is 61.8 Å². The number of thioether (sulfide) groups is 1. The highest BCUT2D eigenvalue weighted by molar-refractivity contribution is 8.00. The maximum atomic E-state index is 14.1. The molecule has 1 atom stereocenters. The zero-order chi connectivity index (χ0) is 14.7. The summed E-state index contributed by atoms with van der Waals surface area (Å²) in [5.41, 5.74) is 5.36. The zero-order valence-corrected chi connectivity index (χ0v) is 12.0. The molecule has 0 aromatic heterocycles. The van der Waals surface area contributed by atoms with Crippen LogP contribution in [0.25, 0.3) is 0 Å². The largest absolute Gasteiger partial charge is 0.409 e. The summed E-state index contributed by atoms with van der Waals surface area (Å²) in [6.45, 7) is 3.30. The van der Waals surface area contributed by atoms with Crippen LogP contribution in [0.3, 0.4) is 0 Å². The van der Waals surface area contributed by atoms with Crippen LogP contribution in [0.4, 0.5) is 14.5 Å². The van der Waals surface area contributed by atoms with Gasteiger partial charge in [-0.15, -0.1) is 0 Å². The molecule has 0 saturated carbocycles. The first-order valence-electron chi connectivity index (χ1n) is 6.40. The lowest BCUT2D eigenvalue weighted by molar-refractivity contribution is 0.318. The average Bonchev–Trinajstić information content (AvgIpc) is 2.45. The van der Waals surface area contributed by atoms with Gasteiger partial charge in [-0.2, -0.15) is 11.8 Å². The number of hydrogen-bond donors (Lipinski definition) is 2. The van der Waals surface area contributed by atoms with Crippen LogP contribution in [0.5, 0.6) is 0 Å². The van der Waals surface area contributed by atoms with Crippen LogP contribution in [0.2, 0.25) is 0 Å². The van der Waals surface area contributed by atoms with Crippen LogP contribution in [0.15, 0.2) is 17.3 Å². The Hall–Kier alpha value is -1.50. The molecule has 110 valence electrons. The first kappa shape index (κ1) is 14.9. The van der Waals surface area contributed by atoms with Crippen molar-refractivity contribution in [2.45, 2.75) is 18.6 Å². The van der Waals surface area contributed by atoms with Gasteiger partial charge in [-0.25, -0.2) is 8.78 Å². The van der Waals surface area contributed by atoms with Crippen LogP contribution in [0, 0.1) is 11.6 Å². The quantitative estimate of drug-likeness (QED) is 0.389. The molecule has 0 bridgehead atoms. The monoisotopic (exact) mass is 301 g/mol. The minimum absolute atomic E-state index is 0.0294. The molecule has 1 aliphatic rings. The molecule has 0 radical (unpaired) electrons. The lowest BCUT2D eigenvalue weighted by atomic mass is 10.1. The normalized spacial score (nSPS) is 20.2. The van der Waals surface area contributed by atoms with Gasteiger partial charge >= 0.3 is 0 Å². The highest BCUT2D eigenvalue weighted by Crippen LogP contribution is 2.30. The lowest BCUT2D eigenvalue weighted by Crippen LogP contribution is -2.38. The maximum Gasteiger partial charge on any atom is 0.170 e. The number of benzene rings is 1. The first-order valence-corrected chi connectivity index (χ1v) is 7.45. The van der Waals surface area contributed by atoms with E-state index in [-0.39, 0.29) is 17.1 Å². The molecule has 4 nitrogen and oxygen atoms in total. The summed E-state index contributed by atoms with van der Waals surface area (Å²) in [7, 11) is 0. The Balaban J connectivity index is 2.33. The van der Waals surface area contributed by atoms with E-state index in [4.69, 9.17) is 10.9 Å². The van der Waals surface area contributed by atoms with Crippen molar-refractivity contribution in [3.8, 4) is 0 Å². The summed E-state index contributed by atoms with van der Waals surface area (Å²) < 4.78 is 28.3.